The molecule has 0 saturated heterocycles. The van der Waals surface area contributed by atoms with Crippen molar-refractivity contribution in [2.75, 3.05) is 0 Å². The first kappa shape index (κ1) is 9.42. The van der Waals surface area contributed by atoms with Gasteiger partial charge in [0.1, 0.15) is 6.23 Å². The van der Waals surface area contributed by atoms with Crippen LogP contribution in [0.25, 0.3) is 0 Å². The predicted octanol–water partition coefficient (Wildman–Crippen LogP) is 0.592. The number of carbonyl (C=O) groups is 1. The van der Waals surface area contributed by atoms with E-state index in [-0.39, 0.29) is 11.8 Å². The lowest BCUT2D eigenvalue weighted by Crippen LogP contribution is -2.44. The van der Waals surface area contributed by atoms with Gasteiger partial charge in [0.05, 0.1) is 6.04 Å². The average molecular weight is 169 g/mol. The summed E-state index contributed by atoms with van der Waals surface area (Å²) in [5, 5.41) is 12.0. The van der Waals surface area contributed by atoms with E-state index in [0.717, 1.165) is 19.3 Å². The SMILES string of the molecule is CCCC[C@H]1N[C@H](O)C=CC1=O. The Labute approximate surface area is 72.5 Å². The second kappa shape index (κ2) is 4.38. The van der Waals surface area contributed by atoms with Gasteiger partial charge in [-0.25, -0.2) is 0 Å². The summed E-state index contributed by atoms with van der Waals surface area (Å²) in [6.45, 7) is 2.08. The molecule has 1 heterocycles. The van der Waals surface area contributed by atoms with Crippen LogP contribution < -0.4 is 5.32 Å². The smallest absolute Gasteiger partial charge is 0.172 e. The van der Waals surface area contributed by atoms with Crippen LogP contribution in [0.2, 0.25) is 0 Å². The standard InChI is InChI=1S/C9H15NO2/c1-2-3-4-7-8(11)5-6-9(12)10-7/h5-7,9-10,12H,2-4H2,1H3/t7-,9-/m1/s1. The zero-order valence-electron chi connectivity index (χ0n) is 7.29. The zero-order valence-corrected chi connectivity index (χ0v) is 7.29. The van der Waals surface area contributed by atoms with Gasteiger partial charge in [-0.2, -0.15) is 0 Å². The van der Waals surface area contributed by atoms with Gasteiger partial charge in [0.25, 0.3) is 0 Å². The van der Waals surface area contributed by atoms with E-state index in [2.05, 4.69) is 12.2 Å². The number of hydrogen-bond donors (Lipinski definition) is 2. The highest BCUT2D eigenvalue weighted by atomic mass is 16.3. The Bertz CT molecular complexity index is 189. The van der Waals surface area contributed by atoms with E-state index < -0.39 is 6.23 Å². The summed E-state index contributed by atoms with van der Waals surface area (Å²) in [5.41, 5.74) is 0. The summed E-state index contributed by atoms with van der Waals surface area (Å²) in [7, 11) is 0. The summed E-state index contributed by atoms with van der Waals surface area (Å²) in [6, 6.07) is -0.176. The molecule has 68 valence electrons. The maximum Gasteiger partial charge on any atom is 0.172 e. The molecule has 0 saturated carbocycles. The van der Waals surface area contributed by atoms with Gasteiger partial charge in [-0.1, -0.05) is 19.8 Å². The summed E-state index contributed by atoms with van der Waals surface area (Å²) in [5.74, 6) is 0.0775. The van der Waals surface area contributed by atoms with Crippen LogP contribution in [0.4, 0.5) is 0 Å². The molecule has 0 aromatic rings. The van der Waals surface area contributed by atoms with Crippen molar-refractivity contribution >= 4 is 5.78 Å². The van der Waals surface area contributed by atoms with Crippen LogP contribution >= 0.6 is 0 Å². The Morgan fingerprint density at radius 3 is 3.08 bits per heavy atom. The van der Waals surface area contributed by atoms with Crippen molar-refractivity contribution in [1.29, 1.82) is 0 Å². The molecule has 12 heavy (non-hydrogen) atoms. The number of unbranched alkanes of at least 4 members (excludes halogenated alkanes) is 1. The number of ketones is 1. The van der Waals surface area contributed by atoms with Crippen LogP contribution in [0.3, 0.4) is 0 Å². The van der Waals surface area contributed by atoms with E-state index in [1.54, 1.807) is 0 Å². The number of aliphatic hydroxyl groups excluding tert-OH is 1. The van der Waals surface area contributed by atoms with Gasteiger partial charge >= 0.3 is 0 Å². The van der Waals surface area contributed by atoms with E-state index in [4.69, 9.17) is 5.11 Å². The van der Waals surface area contributed by atoms with E-state index in [1.165, 1.54) is 12.2 Å². The number of aliphatic hydroxyl groups is 1. The maximum absolute atomic E-state index is 11.2. The Morgan fingerprint density at radius 1 is 1.67 bits per heavy atom. The van der Waals surface area contributed by atoms with E-state index in [9.17, 15) is 4.79 Å². The van der Waals surface area contributed by atoms with Gasteiger partial charge in [-0.05, 0) is 18.6 Å². The summed E-state index contributed by atoms with van der Waals surface area (Å²) >= 11 is 0. The number of hydrogen-bond acceptors (Lipinski definition) is 3. The molecule has 2 atom stereocenters. The van der Waals surface area contributed by atoms with Crippen molar-refractivity contribution in [2.24, 2.45) is 0 Å². The molecule has 0 amide bonds. The van der Waals surface area contributed by atoms with E-state index in [1.807, 2.05) is 0 Å². The van der Waals surface area contributed by atoms with Gasteiger partial charge in [-0.3, -0.25) is 10.1 Å². The number of carbonyl (C=O) groups excluding carboxylic acids is 1. The monoisotopic (exact) mass is 169 g/mol. The van der Waals surface area contributed by atoms with Crippen molar-refractivity contribution in [2.45, 2.75) is 38.5 Å². The first-order valence-corrected chi connectivity index (χ1v) is 4.40. The topological polar surface area (TPSA) is 49.3 Å². The average Bonchev–Trinajstić information content (AvgIpc) is 2.07. The molecule has 0 fully saturated rings. The summed E-state index contributed by atoms with van der Waals surface area (Å²) in [6.07, 6.45) is 5.20. The van der Waals surface area contributed by atoms with Crippen LogP contribution in [0.5, 0.6) is 0 Å². The summed E-state index contributed by atoms with van der Waals surface area (Å²) in [4.78, 5) is 11.2. The van der Waals surface area contributed by atoms with Crippen molar-refractivity contribution in [3.8, 4) is 0 Å². The number of rotatable bonds is 3. The molecule has 1 rings (SSSR count). The molecule has 1 aliphatic heterocycles. The molecule has 0 aromatic carbocycles. The van der Waals surface area contributed by atoms with Crippen LogP contribution in [0.15, 0.2) is 12.2 Å². The quantitative estimate of drug-likeness (QED) is 0.650. The van der Waals surface area contributed by atoms with Crippen molar-refractivity contribution in [3.05, 3.63) is 12.2 Å². The Hall–Kier alpha value is -0.670. The Balaban J connectivity index is 2.43. The second-order valence-electron chi connectivity index (χ2n) is 3.07. The lowest BCUT2D eigenvalue weighted by Gasteiger charge is -2.21. The van der Waals surface area contributed by atoms with Crippen molar-refractivity contribution in [3.63, 3.8) is 0 Å². The van der Waals surface area contributed by atoms with Crippen LogP contribution in [0.1, 0.15) is 26.2 Å². The molecular weight excluding hydrogens is 154 g/mol. The maximum atomic E-state index is 11.2. The molecule has 3 nitrogen and oxygen atoms in total. The highest BCUT2D eigenvalue weighted by Crippen LogP contribution is 2.07. The minimum Gasteiger partial charge on any atom is -0.375 e. The minimum absolute atomic E-state index is 0.0775. The minimum atomic E-state index is -0.649. The van der Waals surface area contributed by atoms with Gasteiger partial charge in [0.2, 0.25) is 0 Å². The first-order valence-electron chi connectivity index (χ1n) is 4.40. The van der Waals surface area contributed by atoms with Gasteiger partial charge in [0.15, 0.2) is 5.78 Å². The molecule has 0 aliphatic carbocycles. The molecule has 0 spiro atoms. The molecule has 2 N–H and O–H groups in total. The number of nitrogens with one attached hydrogen (secondary N) is 1. The van der Waals surface area contributed by atoms with Crippen molar-refractivity contribution in [1.82, 2.24) is 5.32 Å². The fourth-order valence-electron chi connectivity index (χ4n) is 1.28. The lowest BCUT2D eigenvalue weighted by molar-refractivity contribution is -0.118. The molecule has 0 bridgehead atoms. The van der Waals surface area contributed by atoms with Crippen LogP contribution in [-0.2, 0) is 4.79 Å². The van der Waals surface area contributed by atoms with E-state index in [0.29, 0.717) is 0 Å². The zero-order chi connectivity index (χ0) is 8.97. The van der Waals surface area contributed by atoms with Crippen LogP contribution in [-0.4, -0.2) is 23.2 Å². The highest BCUT2D eigenvalue weighted by molar-refractivity contribution is 5.95. The third-order valence-electron chi connectivity index (χ3n) is 2.00. The third-order valence-corrected chi connectivity index (χ3v) is 2.00. The molecule has 1 aliphatic rings. The molecular formula is C9H15NO2. The predicted molar refractivity (Wildman–Crippen MR) is 46.6 cm³/mol. The third kappa shape index (κ3) is 2.43. The Kier molecular flexibility index (Phi) is 3.44. The largest absolute Gasteiger partial charge is 0.375 e. The van der Waals surface area contributed by atoms with Crippen LogP contribution in [0, 0.1) is 0 Å². The highest BCUT2D eigenvalue weighted by Gasteiger charge is 2.20. The molecule has 0 aromatic heterocycles. The van der Waals surface area contributed by atoms with Gasteiger partial charge in [-0.15, -0.1) is 0 Å². The van der Waals surface area contributed by atoms with E-state index >= 15 is 0 Å². The molecule has 0 radical (unpaired) electrons. The summed E-state index contributed by atoms with van der Waals surface area (Å²) < 4.78 is 0. The fourth-order valence-corrected chi connectivity index (χ4v) is 1.28. The molecule has 3 heteroatoms. The molecule has 0 unspecified atom stereocenters. The van der Waals surface area contributed by atoms with Gasteiger partial charge < -0.3 is 5.11 Å². The Morgan fingerprint density at radius 2 is 2.42 bits per heavy atom. The van der Waals surface area contributed by atoms with Crippen molar-refractivity contribution < 1.29 is 9.90 Å². The lowest BCUT2D eigenvalue weighted by atomic mass is 10.0. The fraction of sp³-hybridized carbons (Fsp3) is 0.667. The second-order valence-corrected chi connectivity index (χ2v) is 3.07. The van der Waals surface area contributed by atoms with Gasteiger partial charge in [0, 0.05) is 0 Å². The normalized spacial score (nSPS) is 29.3. The first-order chi connectivity index (χ1) is 5.74.